The van der Waals surface area contributed by atoms with Gasteiger partial charge in [-0.25, -0.2) is 0 Å². The molecule has 0 atom stereocenters. The molecule has 0 saturated carbocycles. The van der Waals surface area contributed by atoms with Crippen molar-refractivity contribution in [1.82, 2.24) is 5.32 Å². The van der Waals surface area contributed by atoms with Crippen molar-refractivity contribution >= 4 is 27.5 Å². The maximum absolute atomic E-state index is 12.3. The van der Waals surface area contributed by atoms with Gasteiger partial charge in [0, 0.05) is 16.6 Å². The van der Waals surface area contributed by atoms with Crippen LogP contribution < -0.4 is 20.1 Å². The highest BCUT2D eigenvalue weighted by Crippen LogP contribution is 2.38. The van der Waals surface area contributed by atoms with E-state index in [2.05, 4.69) is 26.6 Å². The highest BCUT2D eigenvalue weighted by atomic mass is 79.9. The average molecular weight is 343 g/mol. The van der Waals surface area contributed by atoms with Crippen LogP contribution in [0, 0.1) is 0 Å². The molecule has 1 aromatic rings. The van der Waals surface area contributed by atoms with Gasteiger partial charge < -0.3 is 20.1 Å². The Morgan fingerprint density at radius 3 is 2.50 bits per heavy atom. The van der Waals surface area contributed by atoms with Gasteiger partial charge in [-0.05, 0) is 36.3 Å². The molecule has 1 aliphatic rings. The van der Waals surface area contributed by atoms with Gasteiger partial charge >= 0.3 is 0 Å². The van der Waals surface area contributed by atoms with Crippen molar-refractivity contribution in [2.45, 2.75) is 26.3 Å². The number of hydrogen-bond donors (Lipinski definition) is 2. The fourth-order valence-electron chi connectivity index (χ4n) is 1.96. The van der Waals surface area contributed by atoms with E-state index in [9.17, 15) is 4.79 Å². The van der Waals surface area contributed by atoms with Gasteiger partial charge in [0.15, 0.2) is 11.5 Å². The molecule has 2 rings (SSSR count). The number of rotatable bonds is 4. The molecular weight excluding hydrogens is 324 g/mol. The number of benzene rings is 1. The fourth-order valence-corrected chi connectivity index (χ4v) is 2.38. The van der Waals surface area contributed by atoms with Gasteiger partial charge in [0.25, 0.3) is 0 Å². The molecule has 0 radical (unpaired) electrons. The number of carbonyl (C=O) groups is 1. The molecule has 2 N–H and O–H groups in total. The Morgan fingerprint density at radius 2 is 1.90 bits per heavy atom. The van der Waals surface area contributed by atoms with Gasteiger partial charge in [-0.15, -0.1) is 0 Å². The van der Waals surface area contributed by atoms with E-state index in [0.29, 0.717) is 30.4 Å². The summed E-state index contributed by atoms with van der Waals surface area (Å²) < 4.78 is 11.8. The number of ether oxygens (including phenoxy) is 2. The number of hydrogen-bond acceptors (Lipinski definition) is 4. The number of nitrogens with one attached hydrogen (secondary N) is 2. The summed E-state index contributed by atoms with van der Waals surface area (Å²) in [5.41, 5.74) is 0.0341. The number of fused-ring (bicyclic) bond motifs is 1. The van der Waals surface area contributed by atoms with E-state index in [-0.39, 0.29) is 5.91 Å². The molecule has 0 saturated heterocycles. The van der Waals surface area contributed by atoms with Crippen LogP contribution in [0.4, 0.5) is 5.69 Å². The maximum atomic E-state index is 12.3. The lowest BCUT2D eigenvalue weighted by atomic mass is 10.0. The molecule has 0 aromatic heterocycles. The smallest absolute Gasteiger partial charge is 0.244 e. The van der Waals surface area contributed by atoms with Gasteiger partial charge in [0.2, 0.25) is 5.91 Å². The van der Waals surface area contributed by atoms with Crippen molar-refractivity contribution in [3.05, 3.63) is 16.6 Å². The van der Waals surface area contributed by atoms with Crippen molar-refractivity contribution in [2.24, 2.45) is 0 Å². The summed E-state index contributed by atoms with van der Waals surface area (Å²) in [7, 11) is 0. The minimum Gasteiger partial charge on any atom is -0.486 e. The number of carbonyl (C=O) groups excluding carboxylic acids is 1. The second kappa shape index (κ2) is 6.01. The first kappa shape index (κ1) is 15.1. The van der Waals surface area contributed by atoms with E-state index in [4.69, 9.17) is 9.47 Å². The van der Waals surface area contributed by atoms with E-state index in [1.165, 1.54) is 0 Å². The SMILES string of the molecule is CCNC(C)(C)C(=O)Nc1cc2c(cc1Br)OCCO2. The fraction of sp³-hybridized carbons (Fsp3) is 0.500. The molecule has 1 heterocycles. The molecular formula is C14H19BrN2O3. The van der Waals surface area contributed by atoms with Crippen LogP contribution >= 0.6 is 15.9 Å². The quantitative estimate of drug-likeness (QED) is 0.882. The largest absolute Gasteiger partial charge is 0.486 e. The van der Waals surface area contributed by atoms with Crippen LogP contribution in [0.15, 0.2) is 16.6 Å². The zero-order chi connectivity index (χ0) is 14.8. The maximum Gasteiger partial charge on any atom is 0.244 e. The number of likely N-dealkylation sites (N-methyl/N-ethyl adjacent to an activating group) is 1. The van der Waals surface area contributed by atoms with Crippen LogP contribution in [0.2, 0.25) is 0 Å². The highest BCUT2D eigenvalue weighted by molar-refractivity contribution is 9.10. The van der Waals surface area contributed by atoms with Crippen LogP contribution in [0.5, 0.6) is 11.5 Å². The van der Waals surface area contributed by atoms with E-state index < -0.39 is 5.54 Å². The van der Waals surface area contributed by atoms with Gasteiger partial charge in [-0.3, -0.25) is 4.79 Å². The van der Waals surface area contributed by atoms with Crippen molar-refractivity contribution in [3.63, 3.8) is 0 Å². The first-order valence-corrected chi connectivity index (χ1v) is 7.39. The van der Waals surface area contributed by atoms with E-state index in [1.807, 2.05) is 26.8 Å². The van der Waals surface area contributed by atoms with E-state index in [1.54, 1.807) is 6.07 Å². The predicted molar refractivity (Wildman–Crippen MR) is 81.5 cm³/mol. The summed E-state index contributed by atoms with van der Waals surface area (Å²) in [6.07, 6.45) is 0. The summed E-state index contributed by atoms with van der Waals surface area (Å²) >= 11 is 3.44. The highest BCUT2D eigenvalue weighted by Gasteiger charge is 2.27. The van der Waals surface area contributed by atoms with Crippen molar-refractivity contribution in [1.29, 1.82) is 0 Å². The van der Waals surface area contributed by atoms with Crippen molar-refractivity contribution < 1.29 is 14.3 Å². The predicted octanol–water partition coefficient (Wildman–Crippen LogP) is 2.55. The van der Waals surface area contributed by atoms with Gasteiger partial charge in [-0.1, -0.05) is 6.92 Å². The molecule has 5 nitrogen and oxygen atoms in total. The number of amides is 1. The minimum absolute atomic E-state index is 0.100. The second-order valence-corrected chi connectivity index (χ2v) is 5.94. The third-order valence-corrected chi connectivity index (χ3v) is 3.72. The number of anilines is 1. The second-order valence-electron chi connectivity index (χ2n) is 5.09. The normalized spacial score (nSPS) is 14.0. The first-order valence-electron chi connectivity index (χ1n) is 6.59. The van der Waals surface area contributed by atoms with E-state index in [0.717, 1.165) is 11.0 Å². The molecule has 0 fully saturated rings. The Morgan fingerprint density at radius 1 is 1.30 bits per heavy atom. The van der Waals surface area contributed by atoms with Crippen LogP contribution in [0.3, 0.4) is 0 Å². The lowest BCUT2D eigenvalue weighted by molar-refractivity contribution is -0.121. The van der Waals surface area contributed by atoms with Gasteiger partial charge in [-0.2, -0.15) is 0 Å². The van der Waals surface area contributed by atoms with Crippen molar-refractivity contribution in [3.8, 4) is 11.5 Å². The third-order valence-electron chi connectivity index (χ3n) is 3.07. The Labute approximate surface area is 127 Å². The Hall–Kier alpha value is -1.27. The van der Waals surface area contributed by atoms with Crippen LogP contribution in [-0.4, -0.2) is 31.2 Å². The Bertz CT molecular complexity index is 517. The monoisotopic (exact) mass is 342 g/mol. The molecule has 0 unspecified atom stereocenters. The third kappa shape index (κ3) is 3.24. The lowest BCUT2D eigenvalue weighted by Gasteiger charge is -2.25. The summed E-state index contributed by atoms with van der Waals surface area (Å²) in [6, 6.07) is 3.59. The van der Waals surface area contributed by atoms with Gasteiger partial charge in [0.05, 0.1) is 11.2 Å². The Balaban J connectivity index is 2.19. The number of halogens is 1. The molecule has 0 bridgehead atoms. The van der Waals surface area contributed by atoms with Crippen LogP contribution in [-0.2, 0) is 4.79 Å². The van der Waals surface area contributed by atoms with Crippen LogP contribution in [0.1, 0.15) is 20.8 Å². The molecule has 1 aliphatic heterocycles. The average Bonchev–Trinajstić information content (AvgIpc) is 2.39. The summed E-state index contributed by atoms with van der Waals surface area (Å²) in [4.78, 5) is 12.3. The zero-order valence-electron chi connectivity index (χ0n) is 11.9. The van der Waals surface area contributed by atoms with Crippen molar-refractivity contribution in [2.75, 3.05) is 25.1 Å². The standard InChI is InChI=1S/C14H19BrN2O3/c1-4-16-14(2,3)13(18)17-10-8-12-11(7-9(10)15)19-5-6-20-12/h7-8,16H,4-6H2,1-3H3,(H,17,18). The minimum atomic E-state index is -0.637. The molecule has 0 aliphatic carbocycles. The Kier molecular flexibility index (Phi) is 4.55. The van der Waals surface area contributed by atoms with E-state index >= 15 is 0 Å². The molecule has 20 heavy (non-hydrogen) atoms. The molecule has 1 amide bonds. The molecule has 110 valence electrons. The van der Waals surface area contributed by atoms with Crippen LogP contribution in [0.25, 0.3) is 0 Å². The molecule has 0 spiro atoms. The summed E-state index contributed by atoms with van der Waals surface area (Å²) in [5, 5.41) is 6.04. The summed E-state index contributed by atoms with van der Waals surface area (Å²) in [6.45, 7) is 7.44. The topological polar surface area (TPSA) is 59.6 Å². The lowest BCUT2D eigenvalue weighted by Crippen LogP contribution is -2.49. The summed E-state index contributed by atoms with van der Waals surface area (Å²) in [5.74, 6) is 1.24. The molecule has 1 aromatic carbocycles. The first-order chi connectivity index (χ1) is 9.44. The van der Waals surface area contributed by atoms with Gasteiger partial charge in [0.1, 0.15) is 13.2 Å². The molecule has 6 heteroatoms. The zero-order valence-corrected chi connectivity index (χ0v) is 13.5.